The summed E-state index contributed by atoms with van der Waals surface area (Å²) in [4.78, 5) is 27.8. The van der Waals surface area contributed by atoms with Crippen molar-refractivity contribution < 1.29 is 24.2 Å². The largest absolute Gasteiger partial charge is 0.506 e. The maximum absolute atomic E-state index is 13.9. The van der Waals surface area contributed by atoms with Crippen molar-refractivity contribution in [3.8, 4) is 22.6 Å². The van der Waals surface area contributed by atoms with Crippen LogP contribution in [0, 0.1) is 6.92 Å². The highest BCUT2D eigenvalue weighted by atomic mass is 16.5. The van der Waals surface area contributed by atoms with Gasteiger partial charge in [0.05, 0.1) is 18.2 Å². The van der Waals surface area contributed by atoms with E-state index in [1.807, 2.05) is 45.0 Å². The normalized spacial score (nSPS) is 18.1. The van der Waals surface area contributed by atoms with Crippen molar-refractivity contribution in [2.45, 2.75) is 77.9 Å². The lowest BCUT2D eigenvalue weighted by molar-refractivity contribution is -0.145. The number of fused-ring (bicyclic) bond motifs is 3. The Morgan fingerprint density at radius 1 is 1.24 bits per heavy atom. The van der Waals surface area contributed by atoms with Gasteiger partial charge in [-0.15, -0.1) is 0 Å². The first-order valence-corrected chi connectivity index (χ1v) is 12.3. The fourth-order valence-electron chi connectivity index (χ4n) is 5.29. The molecule has 0 bridgehead atoms. The molecule has 2 aliphatic rings. The molecule has 0 aromatic heterocycles. The number of hydrogen-bond donors (Lipinski definition) is 1. The van der Waals surface area contributed by atoms with Crippen molar-refractivity contribution in [1.82, 2.24) is 4.90 Å². The van der Waals surface area contributed by atoms with Gasteiger partial charge in [0.1, 0.15) is 23.1 Å². The Hall–Kier alpha value is -3.02. The molecule has 0 radical (unpaired) electrons. The predicted molar refractivity (Wildman–Crippen MR) is 131 cm³/mol. The molecule has 2 aliphatic heterocycles. The molecule has 2 aromatic rings. The number of benzene rings is 2. The molecule has 4 rings (SSSR count). The molecule has 0 unspecified atom stereocenters. The highest BCUT2D eigenvalue weighted by molar-refractivity contribution is 6.04. The molecule has 1 amide bonds. The lowest BCUT2D eigenvalue weighted by atomic mass is 9.83. The van der Waals surface area contributed by atoms with Crippen LogP contribution < -0.4 is 4.74 Å². The fraction of sp³-hybridized carbons (Fsp3) is 0.500. The zero-order chi connectivity index (χ0) is 24.6. The van der Waals surface area contributed by atoms with Gasteiger partial charge in [0.25, 0.3) is 5.91 Å². The minimum Gasteiger partial charge on any atom is -0.506 e. The van der Waals surface area contributed by atoms with Crippen LogP contribution in [0.4, 0.5) is 0 Å². The summed E-state index contributed by atoms with van der Waals surface area (Å²) in [5.74, 6) is -0.206. The van der Waals surface area contributed by atoms with E-state index in [9.17, 15) is 14.7 Å². The van der Waals surface area contributed by atoms with E-state index in [0.717, 1.165) is 47.9 Å². The second kappa shape index (κ2) is 9.32. The number of amides is 1. The Kier molecular flexibility index (Phi) is 6.61. The number of phenolic OH excluding ortho intramolecular Hbond substituents is 1. The number of aromatic hydroxyl groups is 1. The number of unbranched alkanes of at least 4 members (excludes halogenated alkanes) is 2. The molecule has 2 aromatic carbocycles. The summed E-state index contributed by atoms with van der Waals surface area (Å²) in [5.41, 5.74) is 3.93. The smallest absolute Gasteiger partial charge is 0.328 e. The topological polar surface area (TPSA) is 76.1 Å². The minimum atomic E-state index is -0.624. The second-order valence-corrected chi connectivity index (χ2v) is 9.93. The summed E-state index contributed by atoms with van der Waals surface area (Å²) in [5, 5.41) is 11.6. The van der Waals surface area contributed by atoms with Gasteiger partial charge in [-0.05, 0) is 63.6 Å². The highest BCUT2D eigenvalue weighted by Crippen LogP contribution is 2.51. The lowest BCUT2D eigenvalue weighted by Gasteiger charge is -2.36. The number of likely N-dealkylation sites (tertiary alicyclic amines) is 1. The Morgan fingerprint density at radius 2 is 2.00 bits per heavy atom. The minimum absolute atomic E-state index is 0.0631. The SMILES string of the molecule is CCCCCc1cc2c(c(O)c1C(=O)N1CCC[C@@H]1C(=O)OC)-c1cc(C)ccc1C(C)(C)O2. The third-order valence-electron chi connectivity index (χ3n) is 7.06. The van der Waals surface area contributed by atoms with Crippen molar-refractivity contribution in [3.63, 3.8) is 0 Å². The van der Waals surface area contributed by atoms with Crippen LogP contribution in [0.15, 0.2) is 24.3 Å². The van der Waals surface area contributed by atoms with Crippen LogP contribution in [0.2, 0.25) is 0 Å². The third-order valence-corrected chi connectivity index (χ3v) is 7.06. The quantitative estimate of drug-likeness (QED) is 0.450. The van der Waals surface area contributed by atoms with Gasteiger partial charge in [0.2, 0.25) is 0 Å². The molecule has 1 fully saturated rings. The lowest BCUT2D eigenvalue weighted by Crippen LogP contribution is -2.41. The average molecular weight is 466 g/mol. The van der Waals surface area contributed by atoms with Crippen LogP contribution in [0.25, 0.3) is 11.1 Å². The van der Waals surface area contributed by atoms with Crippen LogP contribution in [-0.4, -0.2) is 41.6 Å². The Morgan fingerprint density at radius 3 is 2.71 bits per heavy atom. The van der Waals surface area contributed by atoms with Gasteiger partial charge in [-0.2, -0.15) is 0 Å². The maximum Gasteiger partial charge on any atom is 0.328 e. The van der Waals surface area contributed by atoms with Gasteiger partial charge in [-0.25, -0.2) is 4.79 Å². The molecule has 0 spiro atoms. The molecule has 6 heteroatoms. The molecule has 6 nitrogen and oxygen atoms in total. The van der Waals surface area contributed by atoms with Crippen LogP contribution in [0.1, 0.15) is 79.9 Å². The molecule has 1 N–H and O–H groups in total. The van der Waals surface area contributed by atoms with Crippen LogP contribution >= 0.6 is 0 Å². The Balaban J connectivity index is 1.89. The highest BCUT2D eigenvalue weighted by Gasteiger charge is 2.40. The summed E-state index contributed by atoms with van der Waals surface area (Å²) in [6.07, 6.45) is 4.91. The molecule has 1 saturated heterocycles. The van der Waals surface area contributed by atoms with Crippen molar-refractivity contribution in [2.75, 3.05) is 13.7 Å². The molecular weight excluding hydrogens is 430 g/mol. The third kappa shape index (κ3) is 4.15. The van der Waals surface area contributed by atoms with E-state index in [-0.39, 0.29) is 17.2 Å². The molecule has 0 saturated carbocycles. The van der Waals surface area contributed by atoms with E-state index in [2.05, 4.69) is 6.92 Å². The van der Waals surface area contributed by atoms with E-state index < -0.39 is 17.6 Å². The van der Waals surface area contributed by atoms with Crippen LogP contribution in [0.3, 0.4) is 0 Å². The second-order valence-electron chi connectivity index (χ2n) is 9.93. The van der Waals surface area contributed by atoms with Gasteiger partial charge in [-0.3, -0.25) is 4.79 Å². The van der Waals surface area contributed by atoms with Gasteiger partial charge in [0.15, 0.2) is 0 Å². The number of methoxy groups -OCH3 is 1. The number of carbonyl (C=O) groups is 2. The molecule has 1 atom stereocenters. The first-order valence-electron chi connectivity index (χ1n) is 12.3. The summed E-state index contributed by atoms with van der Waals surface area (Å²) in [7, 11) is 1.34. The van der Waals surface area contributed by atoms with Crippen molar-refractivity contribution >= 4 is 11.9 Å². The molecular formula is C28H35NO5. The fourth-order valence-corrected chi connectivity index (χ4v) is 5.29. The van der Waals surface area contributed by atoms with E-state index in [0.29, 0.717) is 30.7 Å². The van der Waals surface area contributed by atoms with E-state index in [4.69, 9.17) is 9.47 Å². The summed E-state index contributed by atoms with van der Waals surface area (Å²) >= 11 is 0. The Labute approximate surface area is 201 Å². The van der Waals surface area contributed by atoms with Gasteiger partial charge >= 0.3 is 5.97 Å². The number of phenols is 1. The summed E-state index contributed by atoms with van der Waals surface area (Å²) in [6.45, 7) is 8.63. The number of rotatable bonds is 6. The first kappa shape index (κ1) is 24.1. The van der Waals surface area contributed by atoms with Crippen LogP contribution in [0.5, 0.6) is 11.5 Å². The van der Waals surface area contributed by atoms with Crippen molar-refractivity contribution in [3.05, 3.63) is 46.5 Å². The molecule has 34 heavy (non-hydrogen) atoms. The Bertz CT molecular complexity index is 1120. The number of ether oxygens (including phenoxy) is 2. The zero-order valence-corrected chi connectivity index (χ0v) is 20.9. The number of esters is 1. The van der Waals surface area contributed by atoms with Crippen LogP contribution in [-0.2, 0) is 21.6 Å². The number of hydrogen-bond acceptors (Lipinski definition) is 5. The molecule has 0 aliphatic carbocycles. The number of nitrogens with zero attached hydrogens (tertiary/aromatic N) is 1. The first-order chi connectivity index (χ1) is 16.2. The zero-order valence-electron chi connectivity index (χ0n) is 20.9. The van der Waals surface area contributed by atoms with Crippen molar-refractivity contribution in [1.29, 1.82) is 0 Å². The molecule has 2 heterocycles. The standard InChI is InChI=1S/C28H35NO5/c1-6-7-8-10-18-16-22-24(19-15-17(2)12-13-20(19)28(3,4)34-22)25(30)23(18)26(31)29-14-9-11-21(29)27(32)33-5/h12-13,15-16,21,30H,6-11,14H2,1-5H3/t21-/m1/s1. The average Bonchev–Trinajstić information content (AvgIpc) is 3.27. The number of aryl methyl sites for hydroxylation is 2. The van der Waals surface area contributed by atoms with E-state index >= 15 is 0 Å². The van der Waals surface area contributed by atoms with E-state index in [1.165, 1.54) is 7.11 Å². The predicted octanol–water partition coefficient (Wildman–Crippen LogP) is 5.51. The molecule has 182 valence electrons. The van der Waals surface area contributed by atoms with Gasteiger partial charge in [0, 0.05) is 12.1 Å². The van der Waals surface area contributed by atoms with Crippen molar-refractivity contribution in [2.24, 2.45) is 0 Å². The summed E-state index contributed by atoms with van der Waals surface area (Å²) < 4.78 is 11.3. The maximum atomic E-state index is 13.9. The van der Waals surface area contributed by atoms with E-state index in [1.54, 1.807) is 4.90 Å². The monoisotopic (exact) mass is 465 g/mol. The van der Waals surface area contributed by atoms with Gasteiger partial charge in [-0.1, -0.05) is 43.5 Å². The van der Waals surface area contributed by atoms with Gasteiger partial charge < -0.3 is 19.5 Å². The number of carbonyl (C=O) groups excluding carboxylic acids is 2. The summed E-state index contributed by atoms with van der Waals surface area (Å²) in [6, 6.07) is 7.39.